The van der Waals surface area contributed by atoms with E-state index in [9.17, 15) is 4.79 Å². The minimum atomic E-state index is -0.0106. The van der Waals surface area contributed by atoms with E-state index in [0.717, 1.165) is 59.6 Å². The molecule has 1 aliphatic heterocycles. The number of carbonyl (C=O) groups excluding carboxylic acids is 1. The van der Waals surface area contributed by atoms with Gasteiger partial charge >= 0.3 is 0 Å². The van der Waals surface area contributed by atoms with Crippen LogP contribution in [-0.4, -0.2) is 43.1 Å². The first-order valence-electron chi connectivity index (χ1n) is 13.1. The smallest absolute Gasteiger partial charge is 0.253 e. The molecule has 188 valence electrons. The number of hydrogen-bond acceptors (Lipinski definition) is 4. The van der Waals surface area contributed by atoms with Crippen molar-refractivity contribution < 1.29 is 4.79 Å². The number of benzene rings is 1. The molecule has 3 aromatic rings. The van der Waals surface area contributed by atoms with Crippen molar-refractivity contribution in [2.75, 3.05) is 6.54 Å². The highest BCUT2D eigenvalue weighted by atomic mass is 16.2. The highest BCUT2D eigenvalue weighted by molar-refractivity contribution is 6.01. The standard InChI is InChI=1S/C28H31N5O.C2H6/c1-5-23-25(15-19(3)27(34)32-14-8-10-20(32)4)33(31-26(23)21-12-13-21)28-29-16-22(17-30-28)24-11-7-6-9-18(24)2;1-2/h5-7,9,11,15-17,20-21H,3,8,10,12-14H2,1-2,4H3;1-2H3/b23-5+,25-15+;/t20-;/m1./s1. The molecule has 0 spiro atoms. The van der Waals surface area contributed by atoms with Gasteiger partial charge in [-0.05, 0) is 63.7 Å². The van der Waals surface area contributed by atoms with Crippen molar-refractivity contribution >= 4 is 18.1 Å². The Morgan fingerprint density at radius 3 is 2.39 bits per heavy atom. The van der Waals surface area contributed by atoms with E-state index in [4.69, 9.17) is 5.10 Å². The average molecular weight is 484 g/mol. The highest BCUT2D eigenvalue weighted by Gasteiger charge is 2.29. The van der Waals surface area contributed by atoms with Gasteiger partial charge in [0.05, 0.1) is 11.0 Å². The first kappa shape index (κ1) is 25.5. The van der Waals surface area contributed by atoms with E-state index in [2.05, 4.69) is 48.6 Å². The minimum Gasteiger partial charge on any atom is -0.336 e. The average Bonchev–Trinajstić information content (AvgIpc) is 3.56. The van der Waals surface area contributed by atoms with Crippen molar-refractivity contribution in [2.24, 2.45) is 0 Å². The lowest BCUT2D eigenvalue weighted by Crippen LogP contribution is -2.36. The van der Waals surface area contributed by atoms with E-state index >= 15 is 0 Å². The topological polar surface area (TPSA) is 63.9 Å². The van der Waals surface area contributed by atoms with Gasteiger partial charge < -0.3 is 4.90 Å². The lowest BCUT2D eigenvalue weighted by Gasteiger charge is -2.21. The Bertz CT molecular complexity index is 1370. The van der Waals surface area contributed by atoms with E-state index in [-0.39, 0.29) is 11.9 Å². The Balaban J connectivity index is 0.00000148. The molecular formula is C30H37N5O. The van der Waals surface area contributed by atoms with Crippen LogP contribution in [0.1, 0.15) is 70.6 Å². The molecule has 2 aromatic heterocycles. The summed E-state index contributed by atoms with van der Waals surface area (Å²) in [5.74, 6) is 0.936. The second-order valence-electron chi connectivity index (χ2n) is 9.40. The van der Waals surface area contributed by atoms with E-state index < -0.39 is 0 Å². The van der Waals surface area contributed by atoms with Gasteiger partial charge in [-0.15, -0.1) is 0 Å². The molecule has 36 heavy (non-hydrogen) atoms. The molecule has 1 saturated carbocycles. The van der Waals surface area contributed by atoms with E-state index in [1.165, 1.54) is 5.56 Å². The van der Waals surface area contributed by atoms with Crippen LogP contribution in [0.5, 0.6) is 0 Å². The Labute approximate surface area is 214 Å². The molecule has 1 saturated heterocycles. The molecular weight excluding hydrogens is 446 g/mol. The Morgan fingerprint density at radius 2 is 1.81 bits per heavy atom. The van der Waals surface area contributed by atoms with Crippen molar-refractivity contribution in [1.29, 1.82) is 0 Å². The van der Waals surface area contributed by atoms with Crippen molar-refractivity contribution in [3.05, 3.63) is 70.6 Å². The number of aryl methyl sites for hydroxylation is 1. The van der Waals surface area contributed by atoms with Gasteiger partial charge in [-0.25, -0.2) is 9.97 Å². The first-order valence-corrected chi connectivity index (χ1v) is 13.1. The lowest BCUT2D eigenvalue weighted by molar-refractivity contribution is -0.127. The molecule has 0 radical (unpaired) electrons. The fourth-order valence-corrected chi connectivity index (χ4v) is 4.82. The van der Waals surface area contributed by atoms with Crippen LogP contribution in [0.25, 0.3) is 29.2 Å². The van der Waals surface area contributed by atoms with Crippen LogP contribution in [0.15, 0.2) is 48.8 Å². The molecule has 1 atom stereocenters. The maximum atomic E-state index is 13.1. The van der Waals surface area contributed by atoms with Gasteiger partial charge in [0, 0.05) is 47.3 Å². The van der Waals surface area contributed by atoms with Crippen LogP contribution < -0.4 is 10.6 Å². The summed E-state index contributed by atoms with van der Waals surface area (Å²) in [6.45, 7) is 15.1. The summed E-state index contributed by atoms with van der Waals surface area (Å²) in [6, 6.07) is 8.45. The van der Waals surface area contributed by atoms with Crippen molar-refractivity contribution in [2.45, 2.75) is 72.3 Å². The van der Waals surface area contributed by atoms with E-state index in [0.29, 0.717) is 17.4 Å². The first-order chi connectivity index (χ1) is 17.5. The molecule has 5 rings (SSSR count). The molecule has 0 N–H and O–H groups in total. The number of aromatic nitrogens is 4. The third kappa shape index (κ3) is 5.03. The largest absolute Gasteiger partial charge is 0.336 e. The quantitative estimate of drug-likeness (QED) is 0.494. The third-order valence-corrected chi connectivity index (χ3v) is 6.92. The Morgan fingerprint density at radius 1 is 1.11 bits per heavy atom. The molecule has 1 amide bonds. The predicted molar refractivity (Wildman–Crippen MR) is 146 cm³/mol. The van der Waals surface area contributed by atoms with Gasteiger partial charge in [-0.3, -0.25) is 4.79 Å². The van der Waals surface area contributed by atoms with Gasteiger partial charge in [-0.2, -0.15) is 9.78 Å². The summed E-state index contributed by atoms with van der Waals surface area (Å²) in [4.78, 5) is 24.4. The van der Waals surface area contributed by atoms with Crippen LogP contribution in [0.2, 0.25) is 0 Å². The Hall–Kier alpha value is -3.54. The summed E-state index contributed by atoms with van der Waals surface area (Å²) < 4.78 is 1.77. The highest BCUT2D eigenvalue weighted by Crippen LogP contribution is 2.37. The summed E-state index contributed by atoms with van der Waals surface area (Å²) in [5, 5.41) is 6.78. The van der Waals surface area contributed by atoms with Gasteiger partial charge in [0.25, 0.3) is 11.9 Å². The molecule has 2 fully saturated rings. The van der Waals surface area contributed by atoms with Crippen LogP contribution in [0, 0.1) is 6.92 Å². The monoisotopic (exact) mass is 483 g/mol. The minimum absolute atomic E-state index is 0.0106. The number of likely N-dealkylation sites (tertiary alicyclic amines) is 1. The SMILES string of the molecule is C=C(/C=c1\c(=C/C)c(C2CC2)nn1-c1ncc(-c2ccccc2C)cn1)C(=O)N1CCC[C@H]1C.CC. The number of rotatable bonds is 5. The fourth-order valence-electron chi connectivity index (χ4n) is 4.82. The zero-order valence-corrected chi connectivity index (χ0v) is 22.2. The molecule has 0 bridgehead atoms. The maximum absolute atomic E-state index is 13.1. The number of nitrogens with zero attached hydrogens (tertiary/aromatic N) is 5. The van der Waals surface area contributed by atoms with Crippen LogP contribution in [-0.2, 0) is 4.79 Å². The van der Waals surface area contributed by atoms with Crippen molar-refractivity contribution in [1.82, 2.24) is 24.6 Å². The molecule has 1 aliphatic carbocycles. The summed E-state index contributed by atoms with van der Waals surface area (Å²) in [5.41, 5.74) is 4.77. The normalized spacial score (nSPS) is 18.2. The Kier molecular flexibility index (Phi) is 7.82. The van der Waals surface area contributed by atoms with Gasteiger partial charge in [0.15, 0.2) is 0 Å². The summed E-state index contributed by atoms with van der Waals surface area (Å²) in [6.07, 6.45) is 12.0. The molecule has 3 heterocycles. The van der Waals surface area contributed by atoms with Crippen molar-refractivity contribution in [3.63, 3.8) is 0 Å². The summed E-state index contributed by atoms with van der Waals surface area (Å²) >= 11 is 0. The van der Waals surface area contributed by atoms with E-state index in [1.807, 2.05) is 56.3 Å². The molecule has 0 unspecified atom stereocenters. The van der Waals surface area contributed by atoms with E-state index in [1.54, 1.807) is 4.68 Å². The third-order valence-electron chi connectivity index (χ3n) is 6.92. The van der Waals surface area contributed by atoms with Crippen LogP contribution >= 0.6 is 0 Å². The van der Waals surface area contributed by atoms with Gasteiger partial charge in [0.2, 0.25) is 0 Å². The molecule has 6 nitrogen and oxygen atoms in total. The number of hydrogen-bond donors (Lipinski definition) is 0. The second kappa shape index (κ2) is 11.0. The molecule has 1 aromatic carbocycles. The number of carbonyl (C=O) groups is 1. The maximum Gasteiger partial charge on any atom is 0.253 e. The predicted octanol–water partition coefficient (Wildman–Crippen LogP) is 4.69. The lowest BCUT2D eigenvalue weighted by atomic mass is 10.0. The molecule has 6 heteroatoms. The van der Waals surface area contributed by atoms with Crippen LogP contribution in [0.4, 0.5) is 0 Å². The van der Waals surface area contributed by atoms with Gasteiger partial charge in [-0.1, -0.05) is 50.8 Å². The second-order valence-corrected chi connectivity index (χ2v) is 9.40. The van der Waals surface area contributed by atoms with Crippen molar-refractivity contribution in [3.8, 4) is 17.1 Å². The zero-order chi connectivity index (χ0) is 25.8. The fraction of sp³-hybridized carbons (Fsp3) is 0.400. The number of amides is 1. The van der Waals surface area contributed by atoms with Gasteiger partial charge in [0.1, 0.15) is 0 Å². The summed E-state index contributed by atoms with van der Waals surface area (Å²) in [7, 11) is 0. The molecule has 2 aliphatic rings. The zero-order valence-electron chi connectivity index (χ0n) is 22.2. The van der Waals surface area contributed by atoms with Crippen LogP contribution in [0.3, 0.4) is 0 Å².